The summed E-state index contributed by atoms with van der Waals surface area (Å²) in [7, 11) is 0. The van der Waals surface area contributed by atoms with Crippen molar-refractivity contribution in [3.8, 4) is 11.4 Å². The van der Waals surface area contributed by atoms with Crippen LogP contribution in [0.2, 0.25) is 0 Å². The van der Waals surface area contributed by atoms with Crippen LogP contribution in [0.25, 0.3) is 22.6 Å². The van der Waals surface area contributed by atoms with E-state index in [2.05, 4.69) is 15.0 Å². The van der Waals surface area contributed by atoms with Crippen LogP contribution in [0.15, 0.2) is 36.7 Å². The lowest BCUT2D eigenvalue weighted by atomic mass is 10.1. The van der Waals surface area contributed by atoms with E-state index >= 15 is 0 Å². The second-order valence-electron chi connectivity index (χ2n) is 6.80. The van der Waals surface area contributed by atoms with Gasteiger partial charge in [-0.2, -0.15) is 0 Å². The molecular formula is C17H18N5O4PS. The van der Waals surface area contributed by atoms with E-state index in [0.29, 0.717) is 17.0 Å². The summed E-state index contributed by atoms with van der Waals surface area (Å²) in [5.74, 6) is 0.830. The summed E-state index contributed by atoms with van der Waals surface area (Å²) >= 11 is 5.35. The Hall–Kier alpha value is -1.94. The molecule has 1 aromatic carbocycles. The zero-order chi connectivity index (χ0) is 19.5. The van der Waals surface area contributed by atoms with Crippen molar-refractivity contribution in [1.29, 1.82) is 0 Å². The topological polar surface area (TPSA) is 118 Å². The Morgan fingerprint density at radius 2 is 2.07 bits per heavy atom. The van der Waals surface area contributed by atoms with E-state index in [1.807, 2.05) is 30.3 Å². The number of aromatic nitrogens is 4. The van der Waals surface area contributed by atoms with Crippen molar-refractivity contribution in [1.82, 2.24) is 19.5 Å². The molecule has 4 heterocycles. The molecule has 2 saturated heterocycles. The first-order chi connectivity index (χ1) is 13.4. The van der Waals surface area contributed by atoms with Crippen molar-refractivity contribution in [3.05, 3.63) is 36.7 Å². The molecule has 0 saturated carbocycles. The normalized spacial score (nSPS) is 32.5. The van der Waals surface area contributed by atoms with Gasteiger partial charge in [0.2, 0.25) is 0 Å². The number of anilines is 1. The summed E-state index contributed by atoms with van der Waals surface area (Å²) in [6.45, 7) is -0.382. The largest absolute Gasteiger partial charge is 0.386 e. The van der Waals surface area contributed by atoms with Gasteiger partial charge in [-0.25, -0.2) is 15.0 Å². The minimum absolute atomic E-state index is 0.259. The van der Waals surface area contributed by atoms with Gasteiger partial charge in [-0.05, 0) is 11.8 Å². The van der Waals surface area contributed by atoms with Gasteiger partial charge >= 0.3 is 0 Å². The first-order valence-electron chi connectivity index (χ1n) is 8.72. The number of rotatable bonds is 2. The number of nitrogen functional groups attached to an aromatic ring is 1. The molecule has 9 nitrogen and oxygen atoms in total. The monoisotopic (exact) mass is 419 g/mol. The smallest absolute Gasteiger partial charge is 0.186 e. The summed E-state index contributed by atoms with van der Waals surface area (Å²) in [6.07, 6.45) is -1.38. The number of hydrogen-bond donors (Lipinski definition) is 2. The first-order valence-corrected chi connectivity index (χ1v) is 11.8. The lowest BCUT2D eigenvalue weighted by molar-refractivity contribution is -0.0532. The van der Waals surface area contributed by atoms with Crippen LogP contribution >= 0.6 is 6.49 Å². The lowest BCUT2D eigenvalue weighted by Crippen LogP contribution is -2.39. The number of nitrogens with zero attached hydrogens (tertiary/aromatic N) is 4. The van der Waals surface area contributed by atoms with Crippen molar-refractivity contribution in [3.63, 3.8) is 0 Å². The number of aliphatic hydroxyl groups excluding tert-OH is 1. The highest BCUT2D eigenvalue weighted by Crippen LogP contribution is 2.53. The predicted octanol–water partition coefficient (Wildman–Crippen LogP) is 1.69. The van der Waals surface area contributed by atoms with Gasteiger partial charge < -0.3 is 24.6 Å². The zero-order valence-electron chi connectivity index (χ0n) is 14.9. The molecule has 11 heteroatoms. The number of hydrogen-bond acceptors (Lipinski definition) is 9. The fourth-order valence-electron chi connectivity index (χ4n) is 3.62. The maximum atomic E-state index is 11.0. The van der Waals surface area contributed by atoms with Crippen LogP contribution in [0.3, 0.4) is 0 Å². The maximum Gasteiger partial charge on any atom is 0.186 e. The maximum absolute atomic E-state index is 11.0. The van der Waals surface area contributed by atoms with Crippen molar-refractivity contribution in [2.75, 3.05) is 19.0 Å². The van der Waals surface area contributed by atoms with E-state index in [4.69, 9.17) is 31.3 Å². The molecule has 5 unspecified atom stereocenters. The van der Waals surface area contributed by atoms with E-state index in [9.17, 15) is 5.11 Å². The molecule has 5 atom stereocenters. The van der Waals surface area contributed by atoms with Gasteiger partial charge in [0.1, 0.15) is 30.5 Å². The van der Waals surface area contributed by atoms with Crippen molar-refractivity contribution < 1.29 is 18.9 Å². The van der Waals surface area contributed by atoms with Crippen LogP contribution in [0.1, 0.15) is 6.23 Å². The molecule has 2 aliphatic heterocycles. The fraction of sp³-hybridized carbons (Fsp3) is 0.353. The second kappa shape index (κ2) is 6.55. The minimum Gasteiger partial charge on any atom is -0.386 e. The molecule has 2 aliphatic rings. The van der Waals surface area contributed by atoms with Crippen LogP contribution in [-0.2, 0) is 25.6 Å². The quantitative estimate of drug-likeness (QED) is 0.598. The fourth-order valence-corrected chi connectivity index (χ4v) is 5.28. The summed E-state index contributed by atoms with van der Waals surface area (Å²) in [6, 6.07) is 9.56. The molecule has 0 amide bonds. The number of imidazole rings is 1. The van der Waals surface area contributed by atoms with Crippen LogP contribution in [0.5, 0.6) is 0 Å². The molecule has 0 bridgehead atoms. The predicted molar refractivity (Wildman–Crippen MR) is 106 cm³/mol. The molecule has 2 fully saturated rings. The van der Waals surface area contributed by atoms with Gasteiger partial charge in [0, 0.05) is 12.2 Å². The molecule has 146 valence electrons. The van der Waals surface area contributed by atoms with Gasteiger partial charge in [-0.15, -0.1) is 0 Å². The highest BCUT2D eigenvalue weighted by molar-refractivity contribution is 8.09. The Bertz CT molecular complexity index is 1090. The highest BCUT2D eigenvalue weighted by Gasteiger charge is 2.51. The average Bonchev–Trinajstić information content (AvgIpc) is 3.21. The second-order valence-corrected chi connectivity index (χ2v) is 10.8. The molecule has 2 aromatic heterocycles. The summed E-state index contributed by atoms with van der Waals surface area (Å²) in [5.41, 5.74) is 7.78. The van der Waals surface area contributed by atoms with Crippen molar-refractivity contribution in [2.45, 2.75) is 24.5 Å². The third kappa shape index (κ3) is 2.85. The van der Waals surface area contributed by atoms with Gasteiger partial charge in [-0.3, -0.25) is 4.57 Å². The van der Waals surface area contributed by atoms with Crippen LogP contribution in [0.4, 0.5) is 5.82 Å². The van der Waals surface area contributed by atoms with Gasteiger partial charge in [-0.1, -0.05) is 30.3 Å². The van der Waals surface area contributed by atoms with Gasteiger partial charge in [0.15, 0.2) is 29.7 Å². The Morgan fingerprint density at radius 3 is 2.86 bits per heavy atom. The first kappa shape index (κ1) is 18.1. The summed E-state index contributed by atoms with van der Waals surface area (Å²) in [4.78, 5) is 13.0. The Balaban J connectivity index is 1.66. The molecule has 0 radical (unpaired) electrons. The molecule has 3 N–H and O–H groups in total. The number of fused-ring (bicyclic) bond motifs is 2. The SMILES string of the molecule is CP1(=S)OCC2OC(n3c(-c4ccccc4)nc4c(N)ncnc43)C(O)C2O1. The molecular weight excluding hydrogens is 401 g/mol. The standard InChI is InChI=1S/C17H18N5O4PS/c1-27(28)24-7-10-13(26-27)12(23)17(25-10)22-15(9-5-3-2-4-6-9)21-11-14(18)19-8-20-16(11)22/h2-6,8,10,12-13,17,23H,7H2,1H3,(H2,18,19,20). The molecule has 3 aromatic rings. The van der Waals surface area contributed by atoms with Crippen LogP contribution < -0.4 is 5.73 Å². The highest BCUT2D eigenvalue weighted by atomic mass is 32.5. The third-order valence-electron chi connectivity index (χ3n) is 4.89. The number of ether oxygens (including phenoxy) is 1. The van der Waals surface area contributed by atoms with Crippen molar-refractivity contribution in [2.24, 2.45) is 0 Å². The zero-order valence-corrected chi connectivity index (χ0v) is 16.6. The van der Waals surface area contributed by atoms with E-state index in [-0.39, 0.29) is 12.4 Å². The van der Waals surface area contributed by atoms with E-state index in [1.54, 1.807) is 11.2 Å². The van der Waals surface area contributed by atoms with E-state index in [1.165, 1.54) is 6.33 Å². The lowest BCUT2D eigenvalue weighted by Gasteiger charge is -2.32. The molecule has 5 rings (SSSR count). The average molecular weight is 419 g/mol. The van der Waals surface area contributed by atoms with Crippen molar-refractivity contribution >= 4 is 35.3 Å². The number of aliphatic hydroxyl groups is 1. The van der Waals surface area contributed by atoms with Gasteiger partial charge in [0.25, 0.3) is 0 Å². The summed E-state index contributed by atoms with van der Waals surface area (Å²) < 4.78 is 19.3. The number of benzene rings is 1. The Labute approximate surface area is 165 Å². The van der Waals surface area contributed by atoms with Crippen LogP contribution in [-0.4, -0.2) is 56.2 Å². The third-order valence-corrected chi connectivity index (χ3v) is 6.71. The molecule has 0 spiro atoms. The van der Waals surface area contributed by atoms with E-state index < -0.39 is 31.0 Å². The Kier molecular flexibility index (Phi) is 4.24. The van der Waals surface area contributed by atoms with Gasteiger partial charge in [0.05, 0.1) is 6.61 Å². The summed E-state index contributed by atoms with van der Waals surface area (Å²) in [5, 5.41) is 11.0. The van der Waals surface area contributed by atoms with E-state index in [0.717, 1.165) is 5.56 Å². The number of nitrogens with two attached hydrogens (primary N) is 1. The van der Waals surface area contributed by atoms with Crippen LogP contribution in [0, 0.1) is 0 Å². The minimum atomic E-state index is -2.40. The molecule has 28 heavy (non-hydrogen) atoms. The molecule has 0 aliphatic carbocycles. The Morgan fingerprint density at radius 1 is 1.29 bits per heavy atom.